The summed E-state index contributed by atoms with van der Waals surface area (Å²) in [4.78, 5) is 16.8. The highest BCUT2D eigenvalue weighted by Crippen LogP contribution is 2.33. The predicted octanol–water partition coefficient (Wildman–Crippen LogP) is 1.34. The Kier molecular flexibility index (Phi) is 5.21. The minimum atomic E-state index is -3.51. The maximum Gasteiger partial charge on any atom is 0.282 e. The Hall–Kier alpha value is -2.17. The Labute approximate surface area is 147 Å². The zero-order valence-corrected chi connectivity index (χ0v) is 15.0. The van der Waals surface area contributed by atoms with Gasteiger partial charge >= 0.3 is 0 Å². The first kappa shape index (κ1) is 17.6. The third-order valence-electron chi connectivity index (χ3n) is 4.03. The molecule has 1 aliphatic rings. The summed E-state index contributed by atoms with van der Waals surface area (Å²) in [6.07, 6.45) is 8.87. The molecular formula is C15H21N7O2S. The first-order chi connectivity index (χ1) is 12.0. The molecule has 0 aromatic carbocycles. The third-order valence-corrected chi connectivity index (χ3v) is 5.99. The molecule has 1 N–H and O–H groups in total. The van der Waals surface area contributed by atoms with E-state index in [9.17, 15) is 8.42 Å². The van der Waals surface area contributed by atoms with Crippen molar-refractivity contribution in [3.63, 3.8) is 0 Å². The number of rotatable bonds is 5. The lowest BCUT2D eigenvalue weighted by Crippen LogP contribution is -2.44. The number of aromatic nitrogens is 4. The zero-order valence-electron chi connectivity index (χ0n) is 14.2. The average molecular weight is 363 g/mol. The smallest absolute Gasteiger partial charge is 0.282 e. The molecule has 134 valence electrons. The second-order valence-electron chi connectivity index (χ2n) is 5.93. The van der Waals surface area contributed by atoms with Gasteiger partial charge in [0.25, 0.3) is 10.2 Å². The number of piperidine rings is 1. The van der Waals surface area contributed by atoms with Gasteiger partial charge in [0.2, 0.25) is 5.95 Å². The van der Waals surface area contributed by atoms with Crippen LogP contribution in [0.4, 0.5) is 11.8 Å². The van der Waals surface area contributed by atoms with Gasteiger partial charge in [-0.2, -0.15) is 17.0 Å². The fourth-order valence-corrected chi connectivity index (χ4v) is 4.10. The molecule has 0 bridgehead atoms. The van der Waals surface area contributed by atoms with Crippen molar-refractivity contribution in [2.75, 3.05) is 26.0 Å². The van der Waals surface area contributed by atoms with E-state index < -0.39 is 10.2 Å². The van der Waals surface area contributed by atoms with Crippen molar-refractivity contribution in [2.24, 2.45) is 0 Å². The average Bonchev–Trinajstić information content (AvgIpc) is 2.63. The number of hydrogen-bond donors (Lipinski definition) is 1. The Bertz CT molecular complexity index is 814. The van der Waals surface area contributed by atoms with Crippen LogP contribution in [0.5, 0.6) is 0 Å². The maximum atomic E-state index is 12.6. The van der Waals surface area contributed by atoms with E-state index in [1.54, 1.807) is 44.9 Å². The van der Waals surface area contributed by atoms with Gasteiger partial charge in [0.05, 0.1) is 17.9 Å². The van der Waals surface area contributed by atoms with E-state index in [-0.39, 0.29) is 6.04 Å². The second-order valence-corrected chi connectivity index (χ2v) is 8.03. The number of nitrogens with one attached hydrogen (secondary N) is 1. The van der Waals surface area contributed by atoms with Crippen LogP contribution in [0.3, 0.4) is 0 Å². The Morgan fingerprint density at radius 2 is 2.04 bits per heavy atom. The van der Waals surface area contributed by atoms with Crippen molar-refractivity contribution < 1.29 is 8.42 Å². The summed E-state index contributed by atoms with van der Waals surface area (Å²) in [5.74, 6) is 0.895. The molecule has 1 aliphatic heterocycles. The second kappa shape index (κ2) is 7.38. The van der Waals surface area contributed by atoms with Gasteiger partial charge in [-0.1, -0.05) is 6.42 Å². The zero-order chi connectivity index (χ0) is 17.9. The van der Waals surface area contributed by atoms with E-state index in [1.165, 1.54) is 8.61 Å². The molecule has 0 saturated carbocycles. The van der Waals surface area contributed by atoms with E-state index in [1.807, 2.05) is 0 Å². The molecule has 0 aliphatic carbocycles. The number of nitrogens with zero attached hydrogens (tertiary/aromatic N) is 6. The fraction of sp³-hybridized carbons (Fsp3) is 0.467. The van der Waals surface area contributed by atoms with Crippen LogP contribution < -0.4 is 5.32 Å². The van der Waals surface area contributed by atoms with E-state index in [2.05, 4.69) is 25.3 Å². The lowest BCUT2D eigenvalue weighted by molar-refractivity contribution is 0.238. The van der Waals surface area contributed by atoms with Gasteiger partial charge in [-0.15, -0.1) is 0 Å². The van der Waals surface area contributed by atoms with Crippen LogP contribution in [-0.4, -0.2) is 57.6 Å². The van der Waals surface area contributed by atoms with Gasteiger partial charge in [-0.3, -0.25) is 4.98 Å². The van der Waals surface area contributed by atoms with Crippen LogP contribution in [-0.2, 0) is 10.2 Å². The topological polar surface area (TPSA) is 104 Å². The molecule has 1 atom stereocenters. The lowest BCUT2D eigenvalue weighted by Gasteiger charge is -2.35. The molecule has 10 heteroatoms. The van der Waals surface area contributed by atoms with Gasteiger partial charge in [0, 0.05) is 39.2 Å². The Morgan fingerprint density at radius 3 is 2.76 bits per heavy atom. The van der Waals surface area contributed by atoms with Crippen LogP contribution >= 0.6 is 0 Å². The molecule has 3 heterocycles. The van der Waals surface area contributed by atoms with E-state index in [4.69, 9.17) is 0 Å². The molecule has 2 aromatic rings. The Balaban J connectivity index is 1.88. The molecule has 0 amide bonds. The van der Waals surface area contributed by atoms with Crippen LogP contribution in [0.2, 0.25) is 0 Å². The predicted molar refractivity (Wildman–Crippen MR) is 93.3 cm³/mol. The van der Waals surface area contributed by atoms with E-state index in [0.717, 1.165) is 19.3 Å². The molecule has 0 radical (unpaired) electrons. The molecular weight excluding hydrogens is 342 g/mol. The largest absolute Gasteiger partial charge is 0.307 e. The highest BCUT2D eigenvalue weighted by atomic mass is 32.2. The molecule has 25 heavy (non-hydrogen) atoms. The molecule has 3 rings (SSSR count). The van der Waals surface area contributed by atoms with E-state index >= 15 is 0 Å². The van der Waals surface area contributed by atoms with Crippen molar-refractivity contribution in [3.05, 3.63) is 36.5 Å². The van der Waals surface area contributed by atoms with Crippen LogP contribution in [0.15, 0.2) is 30.9 Å². The van der Waals surface area contributed by atoms with Crippen molar-refractivity contribution in [1.29, 1.82) is 0 Å². The summed E-state index contributed by atoms with van der Waals surface area (Å²) in [6.45, 7) is 0.488. The fourth-order valence-electron chi connectivity index (χ4n) is 2.78. The first-order valence-corrected chi connectivity index (χ1v) is 9.43. The van der Waals surface area contributed by atoms with Crippen LogP contribution in [0.1, 0.15) is 31.0 Å². The summed E-state index contributed by atoms with van der Waals surface area (Å²) in [5.41, 5.74) is 0.673. The highest BCUT2D eigenvalue weighted by molar-refractivity contribution is 7.86. The maximum absolute atomic E-state index is 12.6. The SMILES string of the molecule is CN(C)S(=O)(=O)N1CCCC[C@@H]1c1ccnc(Nc2cnccn2)n1. The third kappa shape index (κ3) is 3.91. The normalized spacial score (nSPS) is 19.1. The summed E-state index contributed by atoms with van der Waals surface area (Å²) in [7, 11) is -0.418. The molecule has 0 spiro atoms. The quantitative estimate of drug-likeness (QED) is 0.855. The van der Waals surface area contributed by atoms with E-state index in [0.29, 0.717) is 24.0 Å². The first-order valence-electron chi connectivity index (χ1n) is 8.04. The number of anilines is 2. The van der Waals surface area contributed by atoms with Gasteiger partial charge in [0.15, 0.2) is 5.82 Å². The lowest BCUT2D eigenvalue weighted by atomic mass is 10.0. The van der Waals surface area contributed by atoms with Gasteiger partial charge in [0.1, 0.15) is 0 Å². The Morgan fingerprint density at radius 1 is 1.20 bits per heavy atom. The molecule has 2 aromatic heterocycles. The summed E-state index contributed by atoms with van der Waals surface area (Å²) in [6, 6.07) is 1.46. The monoisotopic (exact) mass is 363 g/mol. The summed E-state index contributed by atoms with van der Waals surface area (Å²) < 4.78 is 28.0. The molecule has 9 nitrogen and oxygen atoms in total. The van der Waals surface area contributed by atoms with Gasteiger partial charge in [-0.25, -0.2) is 15.0 Å². The highest BCUT2D eigenvalue weighted by Gasteiger charge is 2.35. The standard InChI is InChI=1S/C15H21N7O2S/c1-21(2)25(23,24)22-10-4-3-5-13(22)12-6-7-18-15(19-12)20-14-11-16-8-9-17-14/h6-9,11,13H,3-5,10H2,1-2H3,(H,17,18,19,20)/t13-/m1/s1. The minimum Gasteiger partial charge on any atom is -0.307 e. The van der Waals surface area contributed by atoms with Crippen LogP contribution in [0, 0.1) is 0 Å². The minimum absolute atomic E-state index is 0.299. The van der Waals surface area contributed by atoms with Crippen molar-refractivity contribution >= 4 is 22.0 Å². The summed E-state index contributed by atoms with van der Waals surface area (Å²) >= 11 is 0. The molecule has 0 unspecified atom stereocenters. The van der Waals surface area contributed by atoms with Crippen molar-refractivity contribution in [1.82, 2.24) is 28.5 Å². The number of hydrogen-bond acceptors (Lipinski definition) is 7. The molecule has 1 fully saturated rings. The van der Waals surface area contributed by atoms with Crippen molar-refractivity contribution in [3.8, 4) is 0 Å². The summed E-state index contributed by atoms with van der Waals surface area (Å²) in [5, 5.41) is 2.99. The molecule has 1 saturated heterocycles. The van der Waals surface area contributed by atoms with Crippen LogP contribution in [0.25, 0.3) is 0 Å². The van der Waals surface area contributed by atoms with Crippen molar-refractivity contribution in [2.45, 2.75) is 25.3 Å². The van der Waals surface area contributed by atoms with Gasteiger partial charge in [-0.05, 0) is 18.9 Å². The van der Waals surface area contributed by atoms with Gasteiger partial charge < -0.3 is 5.32 Å².